The molecule has 0 atom stereocenters. The van der Waals surface area contributed by atoms with E-state index < -0.39 is 0 Å². The predicted octanol–water partition coefficient (Wildman–Crippen LogP) is 2.50. The first-order valence-electron chi connectivity index (χ1n) is 5.99. The van der Waals surface area contributed by atoms with E-state index in [-0.39, 0.29) is 5.56 Å². The normalized spacial score (nSPS) is 10.5. The average molecular weight is 322 g/mol. The molecular formula is C14H16BrN3O. The highest BCUT2D eigenvalue weighted by Crippen LogP contribution is 2.16. The third kappa shape index (κ3) is 3.23. The zero-order chi connectivity index (χ0) is 14.0. The van der Waals surface area contributed by atoms with Gasteiger partial charge in [-0.05, 0) is 24.6 Å². The molecule has 0 radical (unpaired) electrons. The summed E-state index contributed by atoms with van der Waals surface area (Å²) >= 11 is 3.45. The second-order valence-electron chi connectivity index (χ2n) is 4.66. The SMILES string of the molecule is Cc1c(Cc2cccc(Br)c2)nc(N(C)C)[nH]c1=O. The number of hydrogen-bond acceptors (Lipinski definition) is 3. The molecule has 1 aromatic heterocycles. The molecule has 0 bridgehead atoms. The van der Waals surface area contributed by atoms with Crippen LogP contribution in [-0.2, 0) is 6.42 Å². The number of aromatic nitrogens is 2. The number of nitrogens with zero attached hydrogens (tertiary/aromatic N) is 2. The van der Waals surface area contributed by atoms with Gasteiger partial charge < -0.3 is 4.90 Å². The van der Waals surface area contributed by atoms with Crippen molar-refractivity contribution in [2.24, 2.45) is 0 Å². The van der Waals surface area contributed by atoms with Crippen LogP contribution in [0.1, 0.15) is 16.8 Å². The maximum Gasteiger partial charge on any atom is 0.255 e. The van der Waals surface area contributed by atoms with Gasteiger partial charge in [0.15, 0.2) is 0 Å². The Balaban J connectivity index is 2.42. The lowest BCUT2D eigenvalue weighted by Gasteiger charge is -2.13. The Labute approximate surface area is 120 Å². The summed E-state index contributed by atoms with van der Waals surface area (Å²) in [5.74, 6) is 0.584. The highest BCUT2D eigenvalue weighted by molar-refractivity contribution is 9.10. The van der Waals surface area contributed by atoms with Crippen molar-refractivity contribution >= 4 is 21.9 Å². The van der Waals surface area contributed by atoms with Crippen molar-refractivity contribution in [3.8, 4) is 0 Å². The summed E-state index contributed by atoms with van der Waals surface area (Å²) in [6, 6.07) is 8.03. The van der Waals surface area contributed by atoms with E-state index in [1.54, 1.807) is 11.8 Å². The molecule has 0 saturated heterocycles. The molecule has 0 aliphatic rings. The van der Waals surface area contributed by atoms with Crippen molar-refractivity contribution in [2.45, 2.75) is 13.3 Å². The Kier molecular flexibility index (Phi) is 4.04. The summed E-state index contributed by atoms with van der Waals surface area (Å²) in [4.78, 5) is 21.0. The van der Waals surface area contributed by atoms with Crippen LogP contribution in [-0.4, -0.2) is 24.1 Å². The first-order valence-corrected chi connectivity index (χ1v) is 6.78. The van der Waals surface area contributed by atoms with E-state index >= 15 is 0 Å². The van der Waals surface area contributed by atoms with Gasteiger partial charge in [-0.3, -0.25) is 9.78 Å². The largest absolute Gasteiger partial charge is 0.348 e. The smallest absolute Gasteiger partial charge is 0.255 e. The number of halogens is 1. The van der Waals surface area contributed by atoms with Gasteiger partial charge in [0, 0.05) is 30.6 Å². The first-order chi connectivity index (χ1) is 8.97. The maximum atomic E-state index is 11.9. The Morgan fingerprint density at radius 3 is 2.74 bits per heavy atom. The number of aromatic amines is 1. The topological polar surface area (TPSA) is 49.0 Å². The second kappa shape index (κ2) is 5.57. The predicted molar refractivity (Wildman–Crippen MR) is 80.9 cm³/mol. The molecule has 0 saturated carbocycles. The number of nitrogens with one attached hydrogen (secondary N) is 1. The van der Waals surface area contributed by atoms with Crippen molar-refractivity contribution < 1.29 is 0 Å². The van der Waals surface area contributed by atoms with Gasteiger partial charge in [0.1, 0.15) is 0 Å². The number of hydrogen-bond donors (Lipinski definition) is 1. The molecule has 0 unspecified atom stereocenters. The van der Waals surface area contributed by atoms with Gasteiger partial charge in [-0.2, -0.15) is 0 Å². The van der Waals surface area contributed by atoms with Crippen LogP contribution in [0.25, 0.3) is 0 Å². The molecule has 0 aliphatic heterocycles. The Hall–Kier alpha value is -1.62. The number of benzene rings is 1. The third-order valence-corrected chi connectivity index (χ3v) is 3.42. The first kappa shape index (κ1) is 13.8. The van der Waals surface area contributed by atoms with Crippen LogP contribution in [0.2, 0.25) is 0 Å². The maximum absolute atomic E-state index is 11.9. The second-order valence-corrected chi connectivity index (χ2v) is 5.58. The summed E-state index contributed by atoms with van der Waals surface area (Å²) in [7, 11) is 3.72. The highest BCUT2D eigenvalue weighted by atomic mass is 79.9. The van der Waals surface area contributed by atoms with Crippen molar-refractivity contribution in [1.29, 1.82) is 0 Å². The number of anilines is 1. The molecule has 100 valence electrons. The monoisotopic (exact) mass is 321 g/mol. The number of H-pyrrole nitrogens is 1. The molecule has 0 aliphatic carbocycles. The fourth-order valence-electron chi connectivity index (χ4n) is 1.79. The van der Waals surface area contributed by atoms with Crippen molar-refractivity contribution in [3.63, 3.8) is 0 Å². The molecule has 4 nitrogen and oxygen atoms in total. The molecule has 0 spiro atoms. The van der Waals surface area contributed by atoms with E-state index in [1.165, 1.54) is 0 Å². The van der Waals surface area contributed by atoms with E-state index in [0.717, 1.165) is 15.7 Å². The molecule has 5 heteroatoms. The van der Waals surface area contributed by atoms with Crippen LogP contribution in [0.4, 0.5) is 5.95 Å². The summed E-state index contributed by atoms with van der Waals surface area (Å²) in [5, 5.41) is 0. The zero-order valence-corrected chi connectivity index (χ0v) is 12.8. The molecule has 2 rings (SSSR count). The molecule has 0 amide bonds. The molecular weight excluding hydrogens is 306 g/mol. The van der Waals surface area contributed by atoms with E-state index in [1.807, 2.05) is 38.4 Å². The fraction of sp³-hybridized carbons (Fsp3) is 0.286. The zero-order valence-electron chi connectivity index (χ0n) is 11.2. The van der Waals surface area contributed by atoms with Crippen LogP contribution in [0.15, 0.2) is 33.5 Å². The van der Waals surface area contributed by atoms with Crippen molar-refractivity contribution in [1.82, 2.24) is 9.97 Å². The van der Waals surface area contributed by atoms with Crippen molar-refractivity contribution in [2.75, 3.05) is 19.0 Å². The minimum Gasteiger partial charge on any atom is -0.348 e. The van der Waals surface area contributed by atoms with Crippen LogP contribution < -0.4 is 10.5 Å². The number of rotatable bonds is 3. The molecule has 2 aromatic rings. The molecule has 1 heterocycles. The van der Waals surface area contributed by atoms with Gasteiger partial charge in [-0.15, -0.1) is 0 Å². The molecule has 0 fully saturated rings. The molecule has 19 heavy (non-hydrogen) atoms. The van der Waals surface area contributed by atoms with Gasteiger partial charge in [0.2, 0.25) is 5.95 Å². The van der Waals surface area contributed by atoms with E-state index in [0.29, 0.717) is 17.9 Å². The summed E-state index contributed by atoms with van der Waals surface area (Å²) in [6.07, 6.45) is 0.649. The lowest BCUT2D eigenvalue weighted by atomic mass is 10.1. The van der Waals surface area contributed by atoms with Crippen LogP contribution in [0, 0.1) is 6.92 Å². The highest BCUT2D eigenvalue weighted by Gasteiger charge is 2.09. The lowest BCUT2D eigenvalue weighted by molar-refractivity contribution is 0.915. The molecule has 1 aromatic carbocycles. The fourth-order valence-corrected chi connectivity index (χ4v) is 2.24. The Morgan fingerprint density at radius 2 is 2.11 bits per heavy atom. The van der Waals surface area contributed by atoms with E-state index in [2.05, 4.69) is 25.9 Å². The standard InChI is InChI=1S/C14H16BrN3O/c1-9-12(8-10-5-4-6-11(15)7-10)16-14(18(2)3)17-13(9)19/h4-7H,8H2,1-3H3,(H,16,17,19). The van der Waals surface area contributed by atoms with Gasteiger partial charge >= 0.3 is 0 Å². The minimum absolute atomic E-state index is 0.0799. The summed E-state index contributed by atoms with van der Waals surface area (Å²) < 4.78 is 1.03. The minimum atomic E-state index is -0.0799. The van der Waals surface area contributed by atoms with Gasteiger partial charge in [0.05, 0.1) is 5.69 Å². The Morgan fingerprint density at radius 1 is 1.37 bits per heavy atom. The third-order valence-electron chi connectivity index (χ3n) is 2.92. The van der Waals surface area contributed by atoms with Crippen LogP contribution in [0.3, 0.4) is 0 Å². The van der Waals surface area contributed by atoms with Gasteiger partial charge in [-0.25, -0.2) is 4.98 Å². The van der Waals surface area contributed by atoms with E-state index in [4.69, 9.17) is 0 Å². The molecule has 1 N–H and O–H groups in total. The van der Waals surface area contributed by atoms with E-state index in [9.17, 15) is 4.79 Å². The quantitative estimate of drug-likeness (QED) is 0.944. The van der Waals surface area contributed by atoms with Gasteiger partial charge in [0.25, 0.3) is 5.56 Å². The summed E-state index contributed by atoms with van der Waals surface area (Å²) in [5.41, 5.74) is 2.53. The van der Waals surface area contributed by atoms with Gasteiger partial charge in [-0.1, -0.05) is 28.1 Å². The average Bonchev–Trinajstić information content (AvgIpc) is 2.34. The van der Waals surface area contributed by atoms with Crippen LogP contribution in [0.5, 0.6) is 0 Å². The summed E-state index contributed by atoms with van der Waals surface area (Å²) in [6.45, 7) is 1.80. The lowest BCUT2D eigenvalue weighted by Crippen LogP contribution is -2.22. The van der Waals surface area contributed by atoms with Crippen LogP contribution >= 0.6 is 15.9 Å². The van der Waals surface area contributed by atoms with Crippen molar-refractivity contribution in [3.05, 3.63) is 55.9 Å². The Bertz CT molecular complexity index is 649.